The van der Waals surface area contributed by atoms with Crippen molar-refractivity contribution in [3.8, 4) is 0 Å². The fourth-order valence-electron chi connectivity index (χ4n) is 1.32. The summed E-state index contributed by atoms with van der Waals surface area (Å²) in [5.41, 5.74) is 1.09. The van der Waals surface area contributed by atoms with Gasteiger partial charge in [-0.05, 0) is 27.2 Å². The molecule has 0 aliphatic carbocycles. The Morgan fingerprint density at radius 3 is 2.69 bits per heavy atom. The van der Waals surface area contributed by atoms with Crippen LogP contribution in [0.25, 0.3) is 0 Å². The minimum atomic E-state index is 0.232. The van der Waals surface area contributed by atoms with Crippen molar-refractivity contribution in [3.63, 3.8) is 0 Å². The molecule has 1 rings (SSSR count). The van der Waals surface area contributed by atoms with Crippen LogP contribution in [0.1, 0.15) is 24.7 Å². The van der Waals surface area contributed by atoms with Crippen LogP contribution in [0.3, 0.4) is 0 Å². The quantitative estimate of drug-likeness (QED) is 0.453. The van der Waals surface area contributed by atoms with Gasteiger partial charge < -0.3 is 10.4 Å². The summed E-state index contributed by atoms with van der Waals surface area (Å²) in [6, 6.07) is 0. The van der Waals surface area contributed by atoms with Crippen LogP contribution in [0, 0.1) is 13.8 Å². The predicted molar refractivity (Wildman–Crippen MR) is 68.1 cm³/mol. The van der Waals surface area contributed by atoms with Crippen LogP contribution in [0.2, 0.25) is 0 Å². The van der Waals surface area contributed by atoms with Crippen molar-refractivity contribution < 1.29 is 5.11 Å². The molecule has 1 aromatic rings. The molecule has 0 saturated carbocycles. The highest BCUT2D eigenvalue weighted by atomic mass is 32.2. The van der Waals surface area contributed by atoms with Crippen LogP contribution in [0.4, 0.5) is 5.82 Å². The van der Waals surface area contributed by atoms with Crippen LogP contribution in [-0.4, -0.2) is 34.0 Å². The van der Waals surface area contributed by atoms with Gasteiger partial charge in [-0.15, -0.1) is 11.8 Å². The van der Waals surface area contributed by atoms with Gasteiger partial charge in [0, 0.05) is 24.5 Å². The normalized spacial score (nSPS) is 10.5. The first-order chi connectivity index (χ1) is 7.69. The molecule has 0 bridgehead atoms. The van der Waals surface area contributed by atoms with E-state index in [1.54, 1.807) is 11.8 Å². The van der Waals surface area contributed by atoms with Crippen LogP contribution < -0.4 is 5.32 Å². The summed E-state index contributed by atoms with van der Waals surface area (Å²) in [7, 11) is 0. The third-order valence-electron chi connectivity index (χ3n) is 2.10. The van der Waals surface area contributed by atoms with E-state index < -0.39 is 0 Å². The molecule has 0 atom stereocenters. The highest BCUT2D eigenvalue weighted by molar-refractivity contribution is 7.99. The number of thioether (sulfide) groups is 1. The summed E-state index contributed by atoms with van der Waals surface area (Å²) >= 11 is 1.67. The third-order valence-corrected chi connectivity index (χ3v) is 3.26. The molecule has 0 spiro atoms. The predicted octanol–water partition coefficient (Wildman–Crippen LogP) is 2.00. The Morgan fingerprint density at radius 2 is 2.06 bits per heavy atom. The molecular formula is C11H19N3OS. The van der Waals surface area contributed by atoms with Crippen molar-refractivity contribution >= 4 is 17.6 Å². The lowest BCUT2D eigenvalue weighted by Gasteiger charge is -2.11. The number of aromatic nitrogens is 2. The topological polar surface area (TPSA) is 58.0 Å². The van der Waals surface area contributed by atoms with Gasteiger partial charge >= 0.3 is 0 Å². The number of hydrogen-bond acceptors (Lipinski definition) is 5. The largest absolute Gasteiger partial charge is 0.396 e. The summed E-state index contributed by atoms with van der Waals surface area (Å²) in [4.78, 5) is 8.78. The zero-order valence-electron chi connectivity index (χ0n) is 10.1. The van der Waals surface area contributed by atoms with E-state index in [0.29, 0.717) is 0 Å². The molecule has 0 aliphatic rings. The molecule has 1 heterocycles. The van der Waals surface area contributed by atoms with E-state index in [1.165, 1.54) is 0 Å². The SMILES string of the molecule is CCNc1nc(C)nc(SCCCO)c1C. The molecule has 4 nitrogen and oxygen atoms in total. The maximum atomic E-state index is 8.75. The molecule has 0 radical (unpaired) electrons. The van der Waals surface area contributed by atoms with E-state index in [9.17, 15) is 0 Å². The fraction of sp³-hybridized carbons (Fsp3) is 0.636. The van der Waals surface area contributed by atoms with Crippen LogP contribution in [0.15, 0.2) is 5.03 Å². The number of aliphatic hydroxyl groups excluding tert-OH is 1. The second kappa shape index (κ2) is 6.70. The van der Waals surface area contributed by atoms with Crippen LogP contribution in [0.5, 0.6) is 0 Å². The van der Waals surface area contributed by atoms with E-state index in [2.05, 4.69) is 22.2 Å². The van der Waals surface area contributed by atoms with Gasteiger partial charge in [0.25, 0.3) is 0 Å². The zero-order chi connectivity index (χ0) is 12.0. The van der Waals surface area contributed by atoms with Gasteiger partial charge in [0.15, 0.2) is 0 Å². The maximum Gasteiger partial charge on any atom is 0.133 e. The molecule has 0 aliphatic heterocycles. The molecule has 0 aromatic carbocycles. The molecule has 2 N–H and O–H groups in total. The minimum absolute atomic E-state index is 0.232. The van der Waals surface area contributed by atoms with Crippen molar-refractivity contribution in [2.75, 3.05) is 24.2 Å². The van der Waals surface area contributed by atoms with Gasteiger partial charge in [-0.2, -0.15) is 0 Å². The highest BCUT2D eigenvalue weighted by Gasteiger charge is 2.08. The first-order valence-corrected chi connectivity index (χ1v) is 6.50. The lowest BCUT2D eigenvalue weighted by molar-refractivity contribution is 0.296. The molecule has 0 saturated heterocycles. The Labute approximate surface area is 101 Å². The average molecular weight is 241 g/mol. The third kappa shape index (κ3) is 3.64. The fourth-order valence-corrected chi connectivity index (χ4v) is 2.29. The molecule has 16 heavy (non-hydrogen) atoms. The lowest BCUT2D eigenvalue weighted by Crippen LogP contribution is -2.06. The van der Waals surface area contributed by atoms with E-state index in [0.717, 1.165) is 41.0 Å². The Balaban J connectivity index is 2.81. The zero-order valence-corrected chi connectivity index (χ0v) is 10.9. The van der Waals surface area contributed by atoms with Crippen molar-refractivity contribution in [1.82, 2.24) is 9.97 Å². The van der Waals surface area contributed by atoms with Crippen LogP contribution >= 0.6 is 11.8 Å². The second-order valence-electron chi connectivity index (χ2n) is 3.51. The number of anilines is 1. The maximum absolute atomic E-state index is 8.75. The summed E-state index contributed by atoms with van der Waals surface area (Å²) in [6.07, 6.45) is 0.795. The van der Waals surface area contributed by atoms with Gasteiger partial charge in [0.2, 0.25) is 0 Å². The first-order valence-electron chi connectivity index (χ1n) is 5.51. The number of aliphatic hydroxyl groups is 1. The highest BCUT2D eigenvalue weighted by Crippen LogP contribution is 2.25. The van der Waals surface area contributed by atoms with Crippen LogP contribution in [-0.2, 0) is 0 Å². The standard InChI is InChI=1S/C11H19N3OS/c1-4-12-10-8(2)11(14-9(3)13-10)16-7-5-6-15/h15H,4-7H2,1-3H3,(H,12,13,14). The number of hydrogen-bond donors (Lipinski definition) is 2. The van der Waals surface area contributed by atoms with Crippen molar-refractivity contribution in [2.24, 2.45) is 0 Å². The molecule has 0 unspecified atom stereocenters. The molecule has 0 amide bonds. The van der Waals surface area contributed by atoms with Crippen molar-refractivity contribution in [2.45, 2.75) is 32.2 Å². The van der Waals surface area contributed by atoms with Gasteiger partial charge in [-0.25, -0.2) is 9.97 Å². The summed E-state index contributed by atoms with van der Waals surface area (Å²) in [6.45, 7) is 7.07. The molecule has 90 valence electrons. The summed E-state index contributed by atoms with van der Waals surface area (Å²) in [5, 5.41) is 13.0. The van der Waals surface area contributed by atoms with Gasteiger partial charge in [0.05, 0.1) is 0 Å². The van der Waals surface area contributed by atoms with Crippen molar-refractivity contribution in [3.05, 3.63) is 11.4 Å². The molecule has 1 aromatic heterocycles. The second-order valence-corrected chi connectivity index (χ2v) is 4.59. The summed E-state index contributed by atoms with van der Waals surface area (Å²) in [5.74, 6) is 2.59. The van der Waals surface area contributed by atoms with Gasteiger partial charge in [0.1, 0.15) is 16.7 Å². The van der Waals surface area contributed by atoms with E-state index in [4.69, 9.17) is 5.11 Å². The number of aryl methyl sites for hydroxylation is 1. The first kappa shape index (κ1) is 13.3. The molecule has 5 heteroatoms. The summed E-state index contributed by atoms with van der Waals surface area (Å²) < 4.78 is 0. The number of rotatable bonds is 6. The van der Waals surface area contributed by atoms with E-state index in [-0.39, 0.29) is 6.61 Å². The van der Waals surface area contributed by atoms with Crippen molar-refractivity contribution in [1.29, 1.82) is 0 Å². The van der Waals surface area contributed by atoms with Gasteiger partial charge in [-0.1, -0.05) is 0 Å². The Bertz CT molecular complexity index is 344. The van der Waals surface area contributed by atoms with Gasteiger partial charge in [-0.3, -0.25) is 0 Å². The monoisotopic (exact) mass is 241 g/mol. The minimum Gasteiger partial charge on any atom is -0.396 e. The molecule has 0 fully saturated rings. The van der Waals surface area contributed by atoms with E-state index in [1.807, 2.05) is 13.8 Å². The number of nitrogens with zero attached hydrogens (tertiary/aromatic N) is 2. The molecular weight excluding hydrogens is 222 g/mol. The number of nitrogens with one attached hydrogen (secondary N) is 1. The lowest BCUT2D eigenvalue weighted by atomic mass is 10.3. The Morgan fingerprint density at radius 1 is 1.31 bits per heavy atom. The smallest absolute Gasteiger partial charge is 0.133 e. The van der Waals surface area contributed by atoms with E-state index >= 15 is 0 Å². The average Bonchev–Trinajstić information content (AvgIpc) is 2.25. The Hall–Kier alpha value is -0.810. The Kier molecular flexibility index (Phi) is 5.55.